The molecule has 102 valence electrons. The van der Waals surface area contributed by atoms with E-state index >= 15 is 0 Å². The Balaban J connectivity index is 2.69. The Hall–Kier alpha value is -1.15. The van der Waals surface area contributed by atoms with Crippen LogP contribution in [0.2, 0.25) is 0 Å². The van der Waals surface area contributed by atoms with Crippen molar-refractivity contribution in [2.24, 2.45) is 0 Å². The van der Waals surface area contributed by atoms with Gasteiger partial charge in [-0.1, -0.05) is 46.6 Å². The van der Waals surface area contributed by atoms with Gasteiger partial charge in [0.05, 0.1) is 12.3 Å². The molecular formula is C12H10Cl3NO3. The summed E-state index contributed by atoms with van der Waals surface area (Å²) in [6, 6.07) is 1.45. The number of halogens is 3. The number of ether oxygens (including phenoxy) is 1. The summed E-state index contributed by atoms with van der Waals surface area (Å²) in [4.78, 5) is 25.3. The van der Waals surface area contributed by atoms with Crippen LogP contribution in [0, 0.1) is 11.8 Å². The van der Waals surface area contributed by atoms with Crippen LogP contribution in [0.15, 0.2) is 12.3 Å². The molecule has 1 aromatic heterocycles. The lowest BCUT2D eigenvalue weighted by Gasteiger charge is -2.06. The molecule has 0 fully saturated rings. The first-order chi connectivity index (χ1) is 8.84. The van der Waals surface area contributed by atoms with Gasteiger partial charge in [-0.2, -0.15) is 0 Å². The summed E-state index contributed by atoms with van der Waals surface area (Å²) in [5.41, 5.74) is 0.655. The van der Waals surface area contributed by atoms with Crippen LogP contribution in [0.5, 0.6) is 0 Å². The number of hydrogen-bond donors (Lipinski definition) is 1. The van der Waals surface area contributed by atoms with Gasteiger partial charge in [0.1, 0.15) is 6.42 Å². The standard InChI is InChI=1S/C12H10Cl3NO3/c1-2-19-10(17)5-3-4-8-6-9(16-7-8)11(18)12(13,14)15/h6-7,16H,2,5H2,1H3. The van der Waals surface area contributed by atoms with Crippen LogP contribution in [0.1, 0.15) is 29.4 Å². The number of aromatic nitrogens is 1. The highest BCUT2D eigenvalue weighted by Gasteiger charge is 2.32. The van der Waals surface area contributed by atoms with Crippen molar-refractivity contribution in [2.45, 2.75) is 17.1 Å². The number of rotatable bonds is 3. The Morgan fingerprint density at radius 3 is 2.68 bits per heavy atom. The highest BCUT2D eigenvalue weighted by Crippen LogP contribution is 2.30. The molecule has 0 atom stereocenters. The number of aromatic amines is 1. The highest BCUT2D eigenvalue weighted by atomic mass is 35.6. The predicted octanol–water partition coefficient (Wildman–Crippen LogP) is 2.87. The summed E-state index contributed by atoms with van der Waals surface area (Å²) in [6.07, 6.45) is 1.47. The number of ketones is 1. The van der Waals surface area contributed by atoms with Crippen molar-refractivity contribution >= 4 is 46.6 Å². The fourth-order valence-corrected chi connectivity index (χ4v) is 1.49. The molecule has 0 unspecified atom stereocenters. The Bertz CT molecular complexity index is 534. The third kappa shape index (κ3) is 5.15. The minimum absolute atomic E-state index is 0.0211. The molecule has 7 heteroatoms. The molecule has 0 aliphatic rings. The van der Waals surface area contributed by atoms with Crippen molar-refractivity contribution in [3.63, 3.8) is 0 Å². The van der Waals surface area contributed by atoms with Gasteiger partial charge in [0.15, 0.2) is 0 Å². The zero-order valence-electron chi connectivity index (χ0n) is 9.93. The van der Waals surface area contributed by atoms with Gasteiger partial charge in [0, 0.05) is 11.8 Å². The molecule has 4 nitrogen and oxygen atoms in total. The quantitative estimate of drug-likeness (QED) is 0.403. The van der Waals surface area contributed by atoms with Crippen molar-refractivity contribution in [2.75, 3.05) is 6.61 Å². The molecule has 1 rings (SSSR count). The monoisotopic (exact) mass is 321 g/mol. The Labute approximate surface area is 125 Å². The maximum absolute atomic E-state index is 11.6. The minimum Gasteiger partial charge on any atom is -0.465 e. The van der Waals surface area contributed by atoms with Crippen molar-refractivity contribution in [3.8, 4) is 11.8 Å². The number of carbonyl (C=O) groups is 2. The minimum atomic E-state index is -2.01. The second-order valence-electron chi connectivity index (χ2n) is 3.41. The third-order valence-electron chi connectivity index (χ3n) is 1.96. The Morgan fingerprint density at radius 2 is 2.11 bits per heavy atom. The molecule has 1 aromatic rings. The molecule has 0 saturated carbocycles. The number of Topliss-reactive ketones (excluding diaryl/α,β-unsaturated/α-hetero) is 1. The van der Waals surface area contributed by atoms with Gasteiger partial charge < -0.3 is 9.72 Å². The smallest absolute Gasteiger partial charge is 0.317 e. The molecule has 19 heavy (non-hydrogen) atoms. The summed E-state index contributed by atoms with van der Waals surface area (Å²) in [5, 5.41) is 0. The van der Waals surface area contributed by atoms with Gasteiger partial charge >= 0.3 is 5.97 Å². The van der Waals surface area contributed by atoms with E-state index in [9.17, 15) is 9.59 Å². The van der Waals surface area contributed by atoms with Crippen LogP contribution in [-0.4, -0.2) is 27.1 Å². The average molecular weight is 323 g/mol. The summed E-state index contributed by atoms with van der Waals surface area (Å²) < 4.78 is 2.70. The molecule has 1 heterocycles. The fraction of sp³-hybridized carbons (Fsp3) is 0.333. The van der Waals surface area contributed by atoms with Crippen molar-refractivity contribution in [1.29, 1.82) is 0 Å². The predicted molar refractivity (Wildman–Crippen MR) is 73.5 cm³/mol. The van der Waals surface area contributed by atoms with Crippen LogP contribution >= 0.6 is 34.8 Å². The second-order valence-corrected chi connectivity index (χ2v) is 5.69. The zero-order chi connectivity index (χ0) is 14.5. The molecule has 1 N–H and O–H groups in total. The molecule has 0 aliphatic heterocycles. The lowest BCUT2D eigenvalue weighted by molar-refractivity contribution is -0.141. The van der Waals surface area contributed by atoms with E-state index in [-0.39, 0.29) is 12.1 Å². The van der Waals surface area contributed by atoms with E-state index in [1.807, 2.05) is 0 Å². The lowest BCUT2D eigenvalue weighted by Crippen LogP contribution is -2.19. The molecule has 0 aromatic carbocycles. The lowest BCUT2D eigenvalue weighted by atomic mass is 10.2. The number of H-pyrrole nitrogens is 1. The number of alkyl halides is 3. The summed E-state index contributed by atoms with van der Waals surface area (Å²) in [5.74, 6) is 4.25. The van der Waals surface area contributed by atoms with E-state index in [4.69, 9.17) is 39.5 Å². The zero-order valence-corrected chi connectivity index (χ0v) is 12.2. The maximum atomic E-state index is 11.6. The third-order valence-corrected chi connectivity index (χ3v) is 2.47. The fourth-order valence-electron chi connectivity index (χ4n) is 1.18. The first-order valence-corrected chi connectivity index (χ1v) is 6.42. The van der Waals surface area contributed by atoms with Crippen molar-refractivity contribution in [1.82, 2.24) is 4.98 Å². The van der Waals surface area contributed by atoms with Crippen LogP contribution in [0.4, 0.5) is 0 Å². The van der Waals surface area contributed by atoms with Gasteiger partial charge in [-0.3, -0.25) is 9.59 Å². The normalized spacial score (nSPS) is 10.5. The van der Waals surface area contributed by atoms with Gasteiger partial charge in [-0.25, -0.2) is 0 Å². The summed E-state index contributed by atoms with van der Waals surface area (Å²) >= 11 is 16.4. The average Bonchev–Trinajstić information content (AvgIpc) is 2.75. The molecule has 0 amide bonds. The van der Waals surface area contributed by atoms with Crippen molar-refractivity contribution < 1.29 is 14.3 Å². The van der Waals surface area contributed by atoms with Crippen LogP contribution in [0.3, 0.4) is 0 Å². The summed E-state index contributed by atoms with van der Waals surface area (Å²) in [6.45, 7) is 2.03. The van der Waals surface area contributed by atoms with Crippen LogP contribution < -0.4 is 0 Å². The van der Waals surface area contributed by atoms with E-state index in [2.05, 4.69) is 16.8 Å². The van der Waals surface area contributed by atoms with E-state index in [0.717, 1.165) is 0 Å². The molecule has 0 saturated heterocycles. The topological polar surface area (TPSA) is 59.2 Å². The number of hydrogen-bond acceptors (Lipinski definition) is 3. The first kappa shape index (κ1) is 15.9. The second kappa shape index (κ2) is 6.85. The number of nitrogens with one attached hydrogen (secondary N) is 1. The van der Waals surface area contributed by atoms with E-state index < -0.39 is 15.5 Å². The largest absolute Gasteiger partial charge is 0.465 e. The number of esters is 1. The molecular weight excluding hydrogens is 312 g/mol. The van der Waals surface area contributed by atoms with Crippen LogP contribution in [0.25, 0.3) is 0 Å². The SMILES string of the molecule is CCOC(=O)CC#Cc1c[nH]c(C(=O)C(Cl)(Cl)Cl)c1. The van der Waals surface area contributed by atoms with Crippen LogP contribution in [-0.2, 0) is 9.53 Å². The highest BCUT2D eigenvalue weighted by molar-refractivity contribution is 6.77. The Kier molecular flexibility index (Phi) is 5.74. The van der Waals surface area contributed by atoms with Gasteiger partial charge in [-0.05, 0) is 13.0 Å². The molecule has 0 bridgehead atoms. The van der Waals surface area contributed by atoms with E-state index in [0.29, 0.717) is 12.2 Å². The van der Waals surface area contributed by atoms with Gasteiger partial charge in [-0.15, -0.1) is 0 Å². The van der Waals surface area contributed by atoms with E-state index in [1.54, 1.807) is 6.92 Å². The molecule has 0 aliphatic carbocycles. The van der Waals surface area contributed by atoms with Gasteiger partial charge in [0.25, 0.3) is 3.79 Å². The molecule has 0 radical (unpaired) electrons. The maximum Gasteiger partial charge on any atom is 0.317 e. The molecule has 0 spiro atoms. The number of carbonyl (C=O) groups excluding carboxylic acids is 2. The van der Waals surface area contributed by atoms with Gasteiger partial charge in [0.2, 0.25) is 5.78 Å². The first-order valence-electron chi connectivity index (χ1n) is 5.29. The van der Waals surface area contributed by atoms with E-state index in [1.165, 1.54) is 12.3 Å². The Morgan fingerprint density at radius 1 is 1.42 bits per heavy atom. The van der Waals surface area contributed by atoms with Crippen molar-refractivity contribution in [3.05, 3.63) is 23.5 Å². The summed E-state index contributed by atoms with van der Waals surface area (Å²) in [7, 11) is 0.